The summed E-state index contributed by atoms with van der Waals surface area (Å²) in [4.78, 5) is 12.7. The van der Waals surface area contributed by atoms with Gasteiger partial charge >= 0.3 is 0 Å². The first kappa shape index (κ1) is 14.2. The van der Waals surface area contributed by atoms with Crippen LogP contribution >= 0.6 is 0 Å². The van der Waals surface area contributed by atoms with E-state index >= 15 is 0 Å². The summed E-state index contributed by atoms with van der Waals surface area (Å²) in [6.07, 6.45) is 3.46. The SMILES string of the molecule is COc1ccnc(CNCc2ccnc(C)n2)c1OC. The van der Waals surface area contributed by atoms with E-state index in [9.17, 15) is 0 Å². The van der Waals surface area contributed by atoms with Crippen LogP contribution in [0.5, 0.6) is 11.5 Å². The maximum atomic E-state index is 5.34. The topological polar surface area (TPSA) is 69.2 Å². The van der Waals surface area contributed by atoms with Crippen LogP contribution in [-0.2, 0) is 13.1 Å². The number of aryl methyl sites for hydroxylation is 1. The van der Waals surface area contributed by atoms with Gasteiger partial charge in [0.15, 0.2) is 11.5 Å². The highest BCUT2D eigenvalue weighted by atomic mass is 16.5. The molecule has 0 saturated carbocycles. The van der Waals surface area contributed by atoms with Crippen LogP contribution in [0, 0.1) is 6.92 Å². The predicted molar refractivity (Wildman–Crippen MR) is 74.7 cm³/mol. The molecule has 2 aromatic rings. The van der Waals surface area contributed by atoms with E-state index in [4.69, 9.17) is 9.47 Å². The molecule has 0 aliphatic carbocycles. The first-order valence-corrected chi connectivity index (χ1v) is 6.29. The average molecular weight is 274 g/mol. The second-order valence-electron chi connectivity index (χ2n) is 4.19. The summed E-state index contributed by atoms with van der Waals surface area (Å²) in [5.74, 6) is 2.10. The Kier molecular flexibility index (Phi) is 4.84. The number of methoxy groups -OCH3 is 2. The van der Waals surface area contributed by atoms with E-state index < -0.39 is 0 Å². The number of aromatic nitrogens is 3. The van der Waals surface area contributed by atoms with Gasteiger partial charge in [0.25, 0.3) is 0 Å². The minimum atomic E-state index is 0.573. The fourth-order valence-electron chi connectivity index (χ4n) is 1.89. The van der Waals surface area contributed by atoms with Gasteiger partial charge in [0.2, 0.25) is 0 Å². The van der Waals surface area contributed by atoms with Crippen molar-refractivity contribution in [3.63, 3.8) is 0 Å². The molecular formula is C14H18N4O2. The Labute approximate surface area is 118 Å². The van der Waals surface area contributed by atoms with E-state index in [0.717, 1.165) is 17.2 Å². The standard InChI is InChI=1S/C14H18N4O2/c1-10-16-6-4-11(18-10)8-15-9-12-14(20-3)13(19-2)5-7-17-12/h4-7,15H,8-9H2,1-3H3. The van der Waals surface area contributed by atoms with Crippen molar-refractivity contribution in [3.8, 4) is 11.5 Å². The summed E-state index contributed by atoms with van der Waals surface area (Å²) in [6, 6.07) is 3.66. The molecule has 2 aromatic heterocycles. The number of ether oxygens (including phenoxy) is 2. The fraction of sp³-hybridized carbons (Fsp3) is 0.357. The number of hydrogen-bond acceptors (Lipinski definition) is 6. The fourth-order valence-corrected chi connectivity index (χ4v) is 1.89. The molecule has 6 nitrogen and oxygen atoms in total. The Morgan fingerprint density at radius 1 is 1.05 bits per heavy atom. The van der Waals surface area contributed by atoms with Crippen molar-refractivity contribution in [1.29, 1.82) is 0 Å². The van der Waals surface area contributed by atoms with Gasteiger partial charge in [0.1, 0.15) is 5.82 Å². The van der Waals surface area contributed by atoms with Crippen LogP contribution in [0.2, 0.25) is 0 Å². The molecule has 0 aliphatic heterocycles. The molecule has 0 amide bonds. The van der Waals surface area contributed by atoms with E-state index in [-0.39, 0.29) is 0 Å². The van der Waals surface area contributed by atoms with Crippen LogP contribution in [-0.4, -0.2) is 29.2 Å². The zero-order valence-corrected chi connectivity index (χ0v) is 11.9. The molecule has 2 rings (SSSR count). The van der Waals surface area contributed by atoms with Crippen LogP contribution in [0.25, 0.3) is 0 Å². The van der Waals surface area contributed by atoms with Crippen molar-refractivity contribution >= 4 is 0 Å². The molecule has 0 unspecified atom stereocenters. The van der Waals surface area contributed by atoms with Crippen LogP contribution in [0.1, 0.15) is 17.2 Å². The lowest BCUT2D eigenvalue weighted by atomic mass is 10.3. The van der Waals surface area contributed by atoms with E-state index in [1.54, 1.807) is 32.7 Å². The minimum absolute atomic E-state index is 0.573. The van der Waals surface area contributed by atoms with Crippen molar-refractivity contribution < 1.29 is 9.47 Å². The van der Waals surface area contributed by atoms with Gasteiger partial charge in [-0.05, 0) is 13.0 Å². The van der Waals surface area contributed by atoms with Gasteiger partial charge in [-0.25, -0.2) is 9.97 Å². The van der Waals surface area contributed by atoms with Gasteiger partial charge in [-0.2, -0.15) is 0 Å². The molecule has 0 saturated heterocycles. The van der Waals surface area contributed by atoms with Crippen LogP contribution in [0.3, 0.4) is 0 Å². The largest absolute Gasteiger partial charge is 0.493 e. The van der Waals surface area contributed by atoms with Crippen molar-refractivity contribution in [2.45, 2.75) is 20.0 Å². The molecule has 0 radical (unpaired) electrons. The van der Waals surface area contributed by atoms with Crippen molar-refractivity contribution in [3.05, 3.63) is 41.7 Å². The van der Waals surface area contributed by atoms with Gasteiger partial charge < -0.3 is 14.8 Å². The maximum absolute atomic E-state index is 5.34. The number of hydrogen-bond donors (Lipinski definition) is 1. The second kappa shape index (κ2) is 6.81. The van der Waals surface area contributed by atoms with E-state index in [2.05, 4.69) is 20.3 Å². The monoisotopic (exact) mass is 274 g/mol. The third-order valence-corrected chi connectivity index (χ3v) is 2.80. The molecule has 0 fully saturated rings. The van der Waals surface area contributed by atoms with Gasteiger partial charge in [-0.15, -0.1) is 0 Å². The summed E-state index contributed by atoms with van der Waals surface area (Å²) in [5.41, 5.74) is 1.75. The van der Waals surface area contributed by atoms with Gasteiger partial charge in [-0.3, -0.25) is 4.98 Å². The predicted octanol–water partition coefficient (Wildman–Crippen LogP) is 1.49. The van der Waals surface area contributed by atoms with Crippen molar-refractivity contribution in [1.82, 2.24) is 20.3 Å². The number of nitrogens with one attached hydrogen (secondary N) is 1. The number of pyridine rings is 1. The third-order valence-electron chi connectivity index (χ3n) is 2.80. The van der Waals surface area contributed by atoms with E-state index in [1.807, 2.05) is 13.0 Å². The summed E-state index contributed by atoms with van der Waals surface area (Å²) in [7, 11) is 3.22. The molecule has 6 heteroatoms. The van der Waals surface area contributed by atoms with Gasteiger partial charge in [-0.1, -0.05) is 0 Å². The van der Waals surface area contributed by atoms with Gasteiger partial charge in [0.05, 0.1) is 25.6 Å². The maximum Gasteiger partial charge on any atom is 0.183 e. The number of rotatable bonds is 6. The second-order valence-corrected chi connectivity index (χ2v) is 4.19. The summed E-state index contributed by atoms with van der Waals surface area (Å²) in [5, 5.41) is 3.28. The van der Waals surface area contributed by atoms with Crippen LogP contribution in [0.15, 0.2) is 24.5 Å². The lowest BCUT2D eigenvalue weighted by Gasteiger charge is -2.12. The normalized spacial score (nSPS) is 10.3. The molecular weight excluding hydrogens is 256 g/mol. The summed E-state index contributed by atoms with van der Waals surface area (Å²) >= 11 is 0. The molecule has 0 aliphatic rings. The van der Waals surface area contributed by atoms with Crippen LogP contribution in [0.4, 0.5) is 0 Å². The molecule has 0 bridgehead atoms. The van der Waals surface area contributed by atoms with Gasteiger partial charge in [0, 0.05) is 31.5 Å². The highest BCUT2D eigenvalue weighted by molar-refractivity contribution is 5.42. The number of nitrogens with zero attached hydrogens (tertiary/aromatic N) is 3. The highest BCUT2D eigenvalue weighted by Gasteiger charge is 2.10. The zero-order valence-electron chi connectivity index (χ0n) is 11.9. The Morgan fingerprint density at radius 3 is 2.55 bits per heavy atom. The van der Waals surface area contributed by atoms with Crippen molar-refractivity contribution in [2.24, 2.45) is 0 Å². The molecule has 106 valence electrons. The lowest BCUT2D eigenvalue weighted by Crippen LogP contribution is -2.16. The highest BCUT2D eigenvalue weighted by Crippen LogP contribution is 2.28. The Bertz CT molecular complexity index is 575. The average Bonchev–Trinajstić information content (AvgIpc) is 2.47. The first-order valence-electron chi connectivity index (χ1n) is 6.29. The van der Waals surface area contributed by atoms with Crippen LogP contribution < -0.4 is 14.8 Å². The smallest absolute Gasteiger partial charge is 0.183 e. The quantitative estimate of drug-likeness (QED) is 0.860. The molecule has 0 aromatic carbocycles. The first-order chi connectivity index (χ1) is 9.74. The lowest BCUT2D eigenvalue weighted by molar-refractivity contribution is 0.348. The molecule has 0 spiro atoms. The summed E-state index contributed by atoms with van der Waals surface area (Å²) < 4.78 is 10.6. The molecule has 0 atom stereocenters. The minimum Gasteiger partial charge on any atom is -0.493 e. The molecule has 1 N–H and O–H groups in total. The third kappa shape index (κ3) is 3.42. The van der Waals surface area contributed by atoms with Crippen molar-refractivity contribution in [2.75, 3.05) is 14.2 Å². The molecule has 2 heterocycles. The zero-order chi connectivity index (χ0) is 14.4. The molecule has 20 heavy (non-hydrogen) atoms. The Balaban J connectivity index is 2.01. The van der Waals surface area contributed by atoms with E-state index in [0.29, 0.717) is 24.6 Å². The van der Waals surface area contributed by atoms with E-state index in [1.165, 1.54) is 0 Å². The summed E-state index contributed by atoms with van der Waals surface area (Å²) in [6.45, 7) is 3.09. The Morgan fingerprint density at radius 2 is 1.85 bits per heavy atom. The Hall–Kier alpha value is -2.21.